The van der Waals surface area contributed by atoms with Crippen LogP contribution in [0, 0.1) is 13.8 Å². The second-order valence-corrected chi connectivity index (χ2v) is 6.22. The molecule has 0 aliphatic carbocycles. The second kappa shape index (κ2) is 6.89. The molecule has 0 atom stereocenters. The molecule has 4 nitrogen and oxygen atoms in total. The van der Waals surface area contributed by atoms with Gasteiger partial charge in [-0.15, -0.1) is 0 Å². The number of nitrogens with zero attached hydrogens (tertiary/aromatic N) is 2. The molecule has 3 rings (SSSR count). The van der Waals surface area contributed by atoms with Gasteiger partial charge in [0.25, 0.3) is 5.91 Å². The minimum Gasteiger partial charge on any atom is -0.305 e. The highest BCUT2D eigenvalue weighted by molar-refractivity contribution is 6.30. The van der Waals surface area contributed by atoms with E-state index in [-0.39, 0.29) is 5.91 Å². The average molecular weight is 340 g/mol. The molecule has 0 spiro atoms. The van der Waals surface area contributed by atoms with E-state index in [2.05, 4.69) is 10.4 Å². The van der Waals surface area contributed by atoms with Gasteiger partial charge in [-0.25, -0.2) is 0 Å². The van der Waals surface area contributed by atoms with Crippen molar-refractivity contribution in [3.63, 3.8) is 0 Å². The molecule has 1 amide bonds. The molecule has 1 aromatic heterocycles. The normalized spacial score (nSPS) is 10.6. The zero-order valence-electron chi connectivity index (χ0n) is 13.6. The molecular weight excluding hydrogens is 322 g/mol. The summed E-state index contributed by atoms with van der Waals surface area (Å²) in [5, 5.41) is 8.01. The number of hydrogen-bond donors (Lipinski definition) is 1. The molecule has 24 heavy (non-hydrogen) atoms. The molecule has 0 aliphatic heterocycles. The summed E-state index contributed by atoms with van der Waals surface area (Å²) in [6.07, 6.45) is 0. The van der Waals surface area contributed by atoms with Crippen LogP contribution in [-0.2, 0) is 6.54 Å². The number of benzene rings is 2. The summed E-state index contributed by atoms with van der Waals surface area (Å²) in [6, 6.07) is 17.0. The third-order valence-corrected chi connectivity index (χ3v) is 3.96. The largest absolute Gasteiger partial charge is 0.305 e. The van der Waals surface area contributed by atoms with Crippen LogP contribution in [0.5, 0.6) is 0 Å². The fourth-order valence-corrected chi connectivity index (χ4v) is 2.73. The first-order chi connectivity index (χ1) is 11.5. The predicted octanol–water partition coefficient (Wildman–Crippen LogP) is 4.45. The number of rotatable bonds is 4. The van der Waals surface area contributed by atoms with Crippen molar-refractivity contribution in [3.05, 3.63) is 82.0 Å². The lowest BCUT2D eigenvalue weighted by molar-refractivity contribution is 0.102. The standard InChI is InChI=1S/C19H18ClN3O/c1-13-5-3-7-16(9-13)19(24)21-18-10-14(2)23(22-18)12-15-6-4-8-17(20)11-15/h3-11H,12H2,1-2H3,(H,21,22,24). The van der Waals surface area contributed by atoms with Gasteiger partial charge >= 0.3 is 0 Å². The van der Waals surface area contributed by atoms with Crippen molar-refractivity contribution in [2.75, 3.05) is 5.32 Å². The molecule has 2 aromatic carbocycles. The maximum atomic E-state index is 12.3. The zero-order chi connectivity index (χ0) is 17.1. The van der Waals surface area contributed by atoms with Crippen LogP contribution in [0.25, 0.3) is 0 Å². The van der Waals surface area contributed by atoms with E-state index in [0.717, 1.165) is 16.8 Å². The topological polar surface area (TPSA) is 46.9 Å². The number of anilines is 1. The summed E-state index contributed by atoms with van der Waals surface area (Å²) < 4.78 is 1.84. The first-order valence-corrected chi connectivity index (χ1v) is 8.06. The van der Waals surface area contributed by atoms with Crippen LogP contribution in [0.3, 0.4) is 0 Å². The Morgan fingerprint density at radius 3 is 2.67 bits per heavy atom. The van der Waals surface area contributed by atoms with Gasteiger partial charge in [0.15, 0.2) is 5.82 Å². The molecule has 0 unspecified atom stereocenters. The minimum atomic E-state index is -0.161. The van der Waals surface area contributed by atoms with Crippen molar-refractivity contribution >= 4 is 23.3 Å². The molecule has 1 heterocycles. The number of aromatic nitrogens is 2. The van der Waals surface area contributed by atoms with E-state index >= 15 is 0 Å². The van der Waals surface area contributed by atoms with E-state index in [4.69, 9.17) is 11.6 Å². The van der Waals surface area contributed by atoms with Gasteiger partial charge in [-0.2, -0.15) is 5.10 Å². The molecule has 122 valence electrons. The number of amides is 1. The van der Waals surface area contributed by atoms with E-state index in [1.165, 1.54) is 0 Å². The Hall–Kier alpha value is -2.59. The summed E-state index contributed by atoms with van der Waals surface area (Å²) >= 11 is 6.02. The summed E-state index contributed by atoms with van der Waals surface area (Å²) in [4.78, 5) is 12.3. The molecule has 0 fully saturated rings. The highest BCUT2D eigenvalue weighted by Crippen LogP contribution is 2.15. The van der Waals surface area contributed by atoms with E-state index in [1.54, 1.807) is 6.07 Å². The molecule has 0 bridgehead atoms. The number of halogens is 1. The first-order valence-electron chi connectivity index (χ1n) is 7.68. The Bertz CT molecular complexity index is 886. The van der Waals surface area contributed by atoms with Gasteiger partial charge in [0, 0.05) is 22.3 Å². The molecular formula is C19H18ClN3O. The highest BCUT2D eigenvalue weighted by atomic mass is 35.5. The Morgan fingerprint density at radius 2 is 1.92 bits per heavy atom. The summed E-state index contributed by atoms with van der Waals surface area (Å²) in [6.45, 7) is 4.52. The van der Waals surface area contributed by atoms with Crippen LogP contribution >= 0.6 is 11.6 Å². The van der Waals surface area contributed by atoms with Crippen LogP contribution in [0.2, 0.25) is 5.02 Å². The van der Waals surface area contributed by atoms with Crippen molar-refractivity contribution in [2.24, 2.45) is 0 Å². The fourth-order valence-electron chi connectivity index (χ4n) is 2.51. The number of hydrogen-bond acceptors (Lipinski definition) is 2. The lowest BCUT2D eigenvalue weighted by Crippen LogP contribution is -2.13. The van der Waals surface area contributed by atoms with E-state index < -0.39 is 0 Å². The predicted molar refractivity (Wildman–Crippen MR) is 96.7 cm³/mol. The minimum absolute atomic E-state index is 0.161. The Balaban J connectivity index is 1.75. The van der Waals surface area contributed by atoms with Crippen molar-refractivity contribution < 1.29 is 4.79 Å². The third kappa shape index (κ3) is 3.84. The van der Waals surface area contributed by atoms with E-state index in [1.807, 2.05) is 67.1 Å². The van der Waals surface area contributed by atoms with Gasteiger partial charge in [-0.1, -0.05) is 41.4 Å². The van der Waals surface area contributed by atoms with Gasteiger partial charge in [-0.05, 0) is 43.7 Å². The number of nitrogens with one attached hydrogen (secondary N) is 1. The first kappa shape index (κ1) is 16.3. The van der Waals surface area contributed by atoms with Gasteiger partial charge in [-0.3, -0.25) is 9.48 Å². The second-order valence-electron chi connectivity index (χ2n) is 5.78. The third-order valence-electron chi connectivity index (χ3n) is 3.72. The van der Waals surface area contributed by atoms with Crippen molar-refractivity contribution in [3.8, 4) is 0 Å². The highest BCUT2D eigenvalue weighted by Gasteiger charge is 2.10. The molecule has 3 aromatic rings. The fraction of sp³-hybridized carbons (Fsp3) is 0.158. The average Bonchev–Trinajstić information content (AvgIpc) is 2.87. The maximum absolute atomic E-state index is 12.3. The number of carbonyl (C=O) groups excluding carboxylic acids is 1. The van der Waals surface area contributed by atoms with Crippen LogP contribution in [-0.4, -0.2) is 15.7 Å². The lowest BCUT2D eigenvalue weighted by Gasteiger charge is -2.05. The molecule has 5 heteroatoms. The van der Waals surface area contributed by atoms with Crippen molar-refractivity contribution in [1.29, 1.82) is 0 Å². The molecule has 0 saturated carbocycles. The molecule has 0 aliphatic rings. The van der Waals surface area contributed by atoms with Gasteiger partial charge in [0.2, 0.25) is 0 Å². The van der Waals surface area contributed by atoms with Crippen LogP contribution in [0.15, 0.2) is 54.6 Å². The quantitative estimate of drug-likeness (QED) is 0.763. The maximum Gasteiger partial charge on any atom is 0.256 e. The summed E-state index contributed by atoms with van der Waals surface area (Å²) in [5.41, 5.74) is 3.70. The Morgan fingerprint density at radius 1 is 1.12 bits per heavy atom. The number of carbonyl (C=O) groups is 1. The van der Waals surface area contributed by atoms with Gasteiger partial charge in [0.1, 0.15) is 0 Å². The van der Waals surface area contributed by atoms with Crippen LogP contribution in [0.1, 0.15) is 27.2 Å². The van der Waals surface area contributed by atoms with E-state index in [0.29, 0.717) is 22.9 Å². The van der Waals surface area contributed by atoms with Crippen molar-refractivity contribution in [1.82, 2.24) is 9.78 Å². The van der Waals surface area contributed by atoms with Gasteiger partial charge in [0.05, 0.1) is 6.54 Å². The van der Waals surface area contributed by atoms with E-state index in [9.17, 15) is 4.79 Å². The number of aryl methyl sites for hydroxylation is 2. The monoisotopic (exact) mass is 339 g/mol. The van der Waals surface area contributed by atoms with Crippen LogP contribution < -0.4 is 5.32 Å². The Kier molecular flexibility index (Phi) is 4.67. The van der Waals surface area contributed by atoms with Crippen LogP contribution in [0.4, 0.5) is 5.82 Å². The molecule has 0 radical (unpaired) electrons. The molecule has 0 saturated heterocycles. The van der Waals surface area contributed by atoms with Gasteiger partial charge < -0.3 is 5.32 Å². The Labute approximate surface area is 146 Å². The lowest BCUT2D eigenvalue weighted by atomic mass is 10.1. The molecule has 1 N–H and O–H groups in total. The SMILES string of the molecule is Cc1cccc(C(=O)Nc2cc(C)n(Cc3cccc(Cl)c3)n2)c1. The smallest absolute Gasteiger partial charge is 0.256 e. The van der Waals surface area contributed by atoms with Crippen molar-refractivity contribution in [2.45, 2.75) is 20.4 Å². The zero-order valence-corrected chi connectivity index (χ0v) is 14.3. The summed E-state index contributed by atoms with van der Waals surface area (Å²) in [7, 11) is 0. The summed E-state index contributed by atoms with van der Waals surface area (Å²) in [5.74, 6) is 0.382.